The Labute approximate surface area is 184 Å². The summed E-state index contributed by atoms with van der Waals surface area (Å²) >= 11 is 0. The number of carbonyl (C=O) groups excluding carboxylic acids is 2. The zero-order valence-electron chi connectivity index (χ0n) is 18.1. The molecule has 0 bridgehead atoms. The lowest BCUT2D eigenvalue weighted by Gasteiger charge is -2.34. The Morgan fingerprint density at radius 2 is 1.81 bits per heavy atom. The molecule has 0 aromatic heterocycles. The summed E-state index contributed by atoms with van der Waals surface area (Å²) < 4.78 is 0. The van der Waals surface area contributed by atoms with E-state index in [9.17, 15) is 9.59 Å². The number of rotatable bonds is 4. The van der Waals surface area contributed by atoms with E-state index in [1.807, 2.05) is 40.1 Å². The average Bonchev–Trinajstić information content (AvgIpc) is 2.82. The summed E-state index contributed by atoms with van der Waals surface area (Å²) in [7, 11) is 0. The SMILES string of the molecule is CC1CCN(C(=O)c2cccc3c2N(C(=O)CCc2ccc(C#N)cc2)CCC3)CC1. The van der Waals surface area contributed by atoms with Gasteiger partial charge in [-0.15, -0.1) is 0 Å². The number of anilines is 1. The van der Waals surface area contributed by atoms with Gasteiger partial charge in [0.1, 0.15) is 0 Å². The van der Waals surface area contributed by atoms with Gasteiger partial charge in [0.05, 0.1) is 22.9 Å². The van der Waals surface area contributed by atoms with Crippen LogP contribution in [0.3, 0.4) is 0 Å². The number of fused-ring (bicyclic) bond motifs is 1. The number of carbonyl (C=O) groups is 2. The molecule has 0 unspecified atom stereocenters. The molecule has 160 valence electrons. The summed E-state index contributed by atoms with van der Waals surface area (Å²) in [5.41, 5.74) is 4.24. The third-order valence-corrected chi connectivity index (χ3v) is 6.53. The molecule has 5 heteroatoms. The highest BCUT2D eigenvalue weighted by Crippen LogP contribution is 2.33. The molecule has 0 saturated carbocycles. The lowest BCUT2D eigenvalue weighted by Crippen LogP contribution is -2.41. The van der Waals surface area contributed by atoms with Crippen LogP contribution in [0.1, 0.15) is 59.7 Å². The molecule has 2 amide bonds. The van der Waals surface area contributed by atoms with Crippen LogP contribution in [-0.4, -0.2) is 36.3 Å². The summed E-state index contributed by atoms with van der Waals surface area (Å²) in [6, 6.07) is 15.4. The maximum absolute atomic E-state index is 13.3. The molecule has 2 aromatic carbocycles. The van der Waals surface area contributed by atoms with E-state index in [1.54, 1.807) is 12.1 Å². The molecule has 0 N–H and O–H groups in total. The zero-order valence-corrected chi connectivity index (χ0v) is 18.1. The first-order valence-corrected chi connectivity index (χ1v) is 11.3. The lowest BCUT2D eigenvalue weighted by atomic mass is 9.94. The molecule has 2 aromatic rings. The number of hydrogen-bond donors (Lipinski definition) is 0. The van der Waals surface area contributed by atoms with Gasteiger partial charge in [0.2, 0.25) is 5.91 Å². The second-order valence-electron chi connectivity index (χ2n) is 8.75. The number of aryl methyl sites for hydroxylation is 2. The third-order valence-electron chi connectivity index (χ3n) is 6.53. The Morgan fingerprint density at radius 3 is 2.52 bits per heavy atom. The van der Waals surface area contributed by atoms with Gasteiger partial charge in [0, 0.05) is 26.1 Å². The Hall–Kier alpha value is -3.13. The number of likely N-dealkylation sites (tertiary alicyclic amines) is 1. The van der Waals surface area contributed by atoms with Crippen molar-refractivity contribution < 1.29 is 9.59 Å². The Morgan fingerprint density at radius 1 is 1.06 bits per heavy atom. The third kappa shape index (κ3) is 4.64. The maximum atomic E-state index is 13.3. The lowest BCUT2D eigenvalue weighted by molar-refractivity contribution is -0.118. The summed E-state index contributed by atoms with van der Waals surface area (Å²) in [6.45, 7) is 4.47. The highest BCUT2D eigenvalue weighted by atomic mass is 16.2. The van der Waals surface area contributed by atoms with Crippen molar-refractivity contribution in [2.24, 2.45) is 5.92 Å². The predicted octanol–water partition coefficient (Wildman–Crippen LogP) is 4.34. The van der Waals surface area contributed by atoms with Crippen LogP contribution in [0.25, 0.3) is 0 Å². The number of benzene rings is 2. The molecule has 0 spiro atoms. The van der Waals surface area contributed by atoms with E-state index >= 15 is 0 Å². The molecule has 0 aliphatic carbocycles. The quantitative estimate of drug-likeness (QED) is 0.746. The standard InChI is InChI=1S/C26H29N3O2/c1-19-13-16-28(17-14-19)26(31)23-6-2-4-22-5-3-15-29(25(22)23)24(30)12-11-20-7-9-21(18-27)10-8-20/h2,4,6-10,19H,3,5,11-17H2,1H3. The number of nitrogens with zero attached hydrogens (tertiary/aromatic N) is 3. The first-order valence-electron chi connectivity index (χ1n) is 11.3. The highest BCUT2D eigenvalue weighted by Gasteiger charge is 2.30. The first kappa shape index (κ1) is 21.1. The molecular weight excluding hydrogens is 386 g/mol. The largest absolute Gasteiger partial charge is 0.339 e. The molecule has 0 atom stereocenters. The molecule has 5 nitrogen and oxygen atoms in total. The minimum Gasteiger partial charge on any atom is -0.339 e. The van der Waals surface area contributed by atoms with Crippen LogP contribution in [0.4, 0.5) is 5.69 Å². The van der Waals surface area contributed by atoms with E-state index in [0.29, 0.717) is 36.4 Å². The van der Waals surface area contributed by atoms with Gasteiger partial charge in [-0.25, -0.2) is 0 Å². The van der Waals surface area contributed by atoms with Crippen LogP contribution in [-0.2, 0) is 17.6 Å². The van der Waals surface area contributed by atoms with Crippen molar-refractivity contribution in [2.75, 3.05) is 24.5 Å². The molecule has 0 radical (unpaired) electrons. The fourth-order valence-electron chi connectivity index (χ4n) is 4.59. The number of amides is 2. The average molecular weight is 416 g/mol. The fourth-order valence-corrected chi connectivity index (χ4v) is 4.59. The second-order valence-corrected chi connectivity index (χ2v) is 8.75. The van der Waals surface area contributed by atoms with E-state index in [4.69, 9.17) is 5.26 Å². The van der Waals surface area contributed by atoms with Gasteiger partial charge < -0.3 is 9.80 Å². The number of para-hydroxylation sites is 1. The minimum atomic E-state index is 0.0514. The summed E-state index contributed by atoms with van der Waals surface area (Å²) in [5, 5.41) is 8.95. The van der Waals surface area contributed by atoms with E-state index in [1.165, 1.54) is 0 Å². The molecule has 2 heterocycles. The molecule has 1 fully saturated rings. The highest BCUT2D eigenvalue weighted by molar-refractivity contribution is 6.06. The Balaban J connectivity index is 1.52. The summed E-state index contributed by atoms with van der Waals surface area (Å²) in [5.74, 6) is 0.766. The van der Waals surface area contributed by atoms with Crippen LogP contribution < -0.4 is 4.90 Å². The van der Waals surface area contributed by atoms with Gasteiger partial charge in [0.15, 0.2) is 0 Å². The van der Waals surface area contributed by atoms with E-state index in [-0.39, 0.29) is 11.8 Å². The zero-order chi connectivity index (χ0) is 21.8. The smallest absolute Gasteiger partial charge is 0.255 e. The van der Waals surface area contributed by atoms with Gasteiger partial charge in [-0.3, -0.25) is 9.59 Å². The topological polar surface area (TPSA) is 64.4 Å². The minimum absolute atomic E-state index is 0.0514. The first-order chi connectivity index (χ1) is 15.1. The molecule has 1 saturated heterocycles. The molecule has 4 rings (SSSR count). The van der Waals surface area contributed by atoms with Gasteiger partial charge in [-0.2, -0.15) is 5.26 Å². The number of nitriles is 1. The summed E-state index contributed by atoms with van der Waals surface area (Å²) in [4.78, 5) is 30.3. The van der Waals surface area contributed by atoms with Crippen LogP contribution >= 0.6 is 0 Å². The van der Waals surface area contributed by atoms with E-state index < -0.39 is 0 Å². The second kappa shape index (κ2) is 9.34. The molecule has 31 heavy (non-hydrogen) atoms. The van der Waals surface area contributed by atoms with Crippen molar-refractivity contribution in [1.29, 1.82) is 5.26 Å². The van der Waals surface area contributed by atoms with Gasteiger partial charge in [0.25, 0.3) is 5.91 Å². The van der Waals surface area contributed by atoms with Gasteiger partial charge in [-0.1, -0.05) is 31.2 Å². The maximum Gasteiger partial charge on any atom is 0.255 e. The van der Waals surface area contributed by atoms with E-state index in [0.717, 1.165) is 55.6 Å². The molecular formula is C26H29N3O2. The van der Waals surface area contributed by atoms with Crippen molar-refractivity contribution in [3.05, 3.63) is 64.7 Å². The molecule has 2 aliphatic rings. The van der Waals surface area contributed by atoms with Crippen molar-refractivity contribution in [1.82, 2.24) is 4.90 Å². The van der Waals surface area contributed by atoms with Crippen LogP contribution in [0.5, 0.6) is 0 Å². The van der Waals surface area contributed by atoms with Crippen molar-refractivity contribution >= 4 is 17.5 Å². The van der Waals surface area contributed by atoms with Crippen LogP contribution in [0.2, 0.25) is 0 Å². The van der Waals surface area contributed by atoms with E-state index in [2.05, 4.69) is 13.0 Å². The van der Waals surface area contributed by atoms with Gasteiger partial charge in [-0.05, 0) is 67.3 Å². The fraction of sp³-hybridized carbons (Fsp3) is 0.423. The Bertz CT molecular complexity index is 998. The normalized spacial score (nSPS) is 16.5. The molecule has 2 aliphatic heterocycles. The Kier molecular flexibility index (Phi) is 6.36. The van der Waals surface area contributed by atoms with Crippen molar-refractivity contribution in [3.63, 3.8) is 0 Å². The monoisotopic (exact) mass is 415 g/mol. The number of hydrogen-bond acceptors (Lipinski definition) is 3. The number of piperidine rings is 1. The summed E-state index contributed by atoms with van der Waals surface area (Å²) in [6.07, 6.45) is 4.88. The predicted molar refractivity (Wildman–Crippen MR) is 121 cm³/mol. The van der Waals surface area contributed by atoms with Crippen LogP contribution in [0.15, 0.2) is 42.5 Å². The van der Waals surface area contributed by atoms with Crippen LogP contribution in [0, 0.1) is 17.2 Å². The van der Waals surface area contributed by atoms with Gasteiger partial charge >= 0.3 is 0 Å². The van der Waals surface area contributed by atoms with Crippen molar-refractivity contribution in [2.45, 2.75) is 45.4 Å². The van der Waals surface area contributed by atoms with Crippen molar-refractivity contribution in [3.8, 4) is 6.07 Å².